The van der Waals surface area contributed by atoms with Crippen LogP contribution < -0.4 is 0 Å². The van der Waals surface area contributed by atoms with Crippen molar-refractivity contribution in [2.24, 2.45) is 0 Å². The van der Waals surface area contributed by atoms with Gasteiger partial charge in [0.1, 0.15) is 5.82 Å². The summed E-state index contributed by atoms with van der Waals surface area (Å²) in [6.07, 6.45) is 7.31. The number of rotatable bonds is 8. The molecule has 20 heavy (non-hydrogen) atoms. The van der Waals surface area contributed by atoms with Gasteiger partial charge in [-0.3, -0.25) is 0 Å². The third-order valence-electron chi connectivity index (χ3n) is 3.65. The molecule has 4 heteroatoms. The van der Waals surface area contributed by atoms with Crippen molar-refractivity contribution >= 4 is 34.4 Å². The van der Waals surface area contributed by atoms with Crippen molar-refractivity contribution in [3.05, 3.63) is 29.6 Å². The van der Waals surface area contributed by atoms with E-state index in [1.807, 2.05) is 11.8 Å². The number of halogens is 1. The fourth-order valence-corrected chi connectivity index (χ4v) is 3.32. The van der Waals surface area contributed by atoms with E-state index >= 15 is 0 Å². The molecule has 2 rings (SSSR count). The topological polar surface area (TPSA) is 17.8 Å². The SMILES string of the molecule is CSCCCCCCn1c(CCl)nc2cccc(C)c21. The van der Waals surface area contributed by atoms with Crippen molar-refractivity contribution in [1.82, 2.24) is 9.55 Å². The summed E-state index contributed by atoms with van der Waals surface area (Å²) in [4.78, 5) is 4.65. The van der Waals surface area contributed by atoms with Gasteiger partial charge in [-0.1, -0.05) is 25.0 Å². The maximum absolute atomic E-state index is 6.05. The Kier molecular flexibility index (Phi) is 6.24. The average molecular weight is 311 g/mol. The largest absolute Gasteiger partial charge is 0.327 e. The Morgan fingerprint density at radius 1 is 1.20 bits per heavy atom. The minimum absolute atomic E-state index is 0.487. The normalized spacial score (nSPS) is 11.3. The van der Waals surface area contributed by atoms with Gasteiger partial charge in [0.05, 0.1) is 16.9 Å². The van der Waals surface area contributed by atoms with Gasteiger partial charge >= 0.3 is 0 Å². The number of aromatic nitrogens is 2. The van der Waals surface area contributed by atoms with E-state index in [2.05, 4.69) is 40.9 Å². The van der Waals surface area contributed by atoms with Gasteiger partial charge in [-0.25, -0.2) is 4.98 Å². The molecule has 0 amide bonds. The summed E-state index contributed by atoms with van der Waals surface area (Å²) in [5, 5.41) is 0. The van der Waals surface area contributed by atoms with Crippen LogP contribution in [0, 0.1) is 6.92 Å². The molecule has 0 N–H and O–H groups in total. The number of para-hydroxylation sites is 1. The summed E-state index contributed by atoms with van der Waals surface area (Å²) < 4.78 is 2.31. The maximum atomic E-state index is 6.05. The Bertz CT molecular complexity index is 551. The van der Waals surface area contributed by atoms with E-state index in [1.165, 1.54) is 42.5 Å². The predicted octanol–water partition coefficient (Wildman–Crippen LogP) is 5.01. The number of hydrogen-bond acceptors (Lipinski definition) is 2. The second-order valence-corrected chi connectivity index (χ2v) is 6.42. The van der Waals surface area contributed by atoms with Crippen LogP contribution in [0.25, 0.3) is 11.0 Å². The molecule has 0 atom stereocenters. The van der Waals surface area contributed by atoms with Crippen LogP contribution in [0.5, 0.6) is 0 Å². The van der Waals surface area contributed by atoms with Crippen LogP contribution in [0.15, 0.2) is 18.2 Å². The highest BCUT2D eigenvalue weighted by atomic mass is 35.5. The zero-order valence-electron chi connectivity index (χ0n) is 12.4. The fourth-order valence-electron chi connectivity index (χ4n) is 2.63. The molecule has 1 aromatic carbocycles. The van der Waals surface area contributed by atoms with Crippen LogP contribution in [0.1, 0.15) is 37.1 Å². The van der Waals surface area contributed by atoms with Gasteiger partial charge in [0.25, 0.3) is 0 Å². The number of benzene rings is 1. The van der Waals surface area contributed by atoms with Crippen molar-refractivity contribution in [2.75, 3.05) is 12.0 Å². The van der Waals surface area contributed by atoms with Crippen LogP contribution in [-0.4, -0.2) is 21.6 Å². The van der Waals surface area contributed by atoms with E-state index in [4.69, 9.17) is 11.6 Å². The molecule has 0 unspecified atom stereocenters. The monoisotopic (exact) mass is 310 g/mol. The number of aryl methyl sites for hydroxylation is 2. The molecule has 0 saturated heterocycles. The van der Waals surface area contributed by atoms with E-state index in [-0.39, 0.29) is 0 Å². The van der Waals surface area contributed by atoms with Crippen LogP contribution in [0.3, 0.4) is 0 Å². The number of imidazole rings is 1. The second kappa shape index (κ2) is 7.94. The van der Waals surface area contributed by atoms with Crippen LogP contribution in [0.4, 0.5) is 0 Å². The summed E-state index contributed by atoms with van der Waals surface area (Å²) in [5.41, 5.74) is 3.61. The lowest BCUT2D eigenvalue weighted by atomic mass is 10.2. The van der Waals surface area contributed by atoms with Gasteiger partial charge in [0, 0.05) is 6.54 Å². The first kappa shape index (κ1) is 15.7. The molecule has 0 aliphatic rings. The molecule has 2 nitrogen and oxygen atoms in total. The maximum Gasteiger partial charge on any atom is 0.124 e. The third-order valence-corrected chi connectivity index (χ3v) is 4.58. The molecule has 0 bridgehead atoms. The van der Waals surface area contributed by atoms with Crippen molar-refractivity contribution in [1.29, 1.82) is 0 Å². The molecule has 0 radical (unpaired) electrons. The van der Waals surface area contributed by atoms with Gasteiger partial charge in [-0.2, -0.15) is 11.8 Å². The van der Waals surface area contributed by atoms with Crippen molar-refractivity contribution in [2.45, 2.75) is 45.0 Å². The van der Waals surface area contributed by atoms with Crippen LogP contribution in [-0.2, 0) is 12.4 Å². The zero-order chi connectivity index (χ0) is 14.4. The summed E-state index contributed by atoms with van der Waals surface area (Å²) in [6, 6.07) is 6.29. The van der Waals surface area contributed by atoms with Crippen LogP contribution in [0.2, 0.25) is 0 Å². The molecular weight excluding hydrogens is 288 g/mol. The molecule has 0 spiro atoms. The smallest absolute Gasteiger partial charge is 0.124 e. The molecule has 0 saturated carbocycles. The Morgan fingerprint density at radius 2 is 2.00 bits per heavy atom. The first-order valence-corrected chi connectivity index (χ1v) is 9.20. The van der Waals surface area contributed by atoms with Gasteiger partial charge in [-0.15, -0.1) is 11.6 Å². The lowest BCUT2D eigenvalue weighted by molar-refractivity contribution is 0.582. The number of hydrogen-bond donors (Lipinski definition) is 0. The highest BCUT2D eigenvalue weighted by molar-refractivity contribution is 7.98. The molecule has 0 fully saturated rings. The standard InChI is InChI=1S/C16H23ClN2S/c1-13-8-7-9-14-16(13)19(15(12-17)18-14)10-5-3-4-6-11-20-2/h7-9H,3-6,10-12H2,1-2H3. The van der Waals surface area contributed by atoms with Crippen molar-refractivity contribution in [3.8, 4) is 0 Å². The summed E-state index contributed by atoms with van der Waals surface area (Å²) in [7, 11) is 0. The fraction of sp³-hybridized carbons (Fsp3) is 0.562. The number of thioether (sulfide) groups is 1. The second-order valence-electron chi connectivity index (χ2n) is 5.16. The minimum atomic E-state index is 0.487. The van der Waals surface area contributed by atoms with E-state index in [9.17, 15) is 0 Å². The van der Waals surface area contributed by atoms with Gasteiger partial charge < -0.3 is 4.57 Å². The van der Waals surface area contributed by atoms with Gasteiger partial charge in [-0.05, 0) is 43.4 Å². The summed E-state index contributed by atoms with van der Waals surface area (Å²) in [5.74, 6) is 2.76. The Balaban J connectivity index is 2.04. The van der Waals surface area contributed by atoms with Gasteiger partial charge in [0.2, 0.25) is 0 Å². The lowest BCUT2D eigenvalue weighted by Gasteiger charge is -2.09. The van der Waals surface area contributed by atoms with E-state index in [1.54, 1.807) is 0 Å². The van der Waals surface area contributed by atoms with E-state index in [0.717, 1.165) is 17.9 Å². The first-order valence-electron chi connectivity index (χ1n) is 7.27. The quantitative estimate of drug-likeness (QED) is 0.504. The van der Waals surface area contributed by atoms with E-state index < -0.39 is 0 Å². The molecule has 1 heterocycles. The number of unbranched alkanes of at least 4 members (excludes halogenated alkanes) is 3. The molecule has 1 aromatic heterocycles. The number of nitrogens with zero attached hydrogens (tertiary/aromatic N) is 2. The molecule has 2 aromatic rings. The predicted molar refractivity (Wildman–Crippen MR) is 90.9 cm³/mol. The first-order chi connectivity index (χ1) is 9.77. The molecular formula is C16H23ClN2S. The Morgan fingerprint density at radius 3 is 2.75 bits per heavy atom. The summed E-state index contributed by atoms with van der Waals surface area (Å²) >= 11 is 7.99. The van der Waals surface area contributed by atoms with E-state index in [0.29, 0.717) is 5.88 Å². The zero-order valence-corrected chi connectivity index (χ0v) is 13.9. The molecule has 110 valence electrons. The highest BCUT2D eigenvalue weighted by Crippen LogP contribution is 2.22. The van der Waals surface area contributed by atoms with Crippen molar-refractivity contribution in [3.63, 3.8) is 0 Å². The summed E-state index contributed by atoms with van der Waals surface area (Å²) in [6.45, 7) is 3.18. The highest BCUT2D eigenvalue weighted by Gasteiger charge is 2.11. The van der Waals surface area contributed by atoms with Gasteiger partial charge in [0.15, 0.2) is 0 Å². The lowest BCUT2D eigenvalue weighted by Crippen LogP contribution is -2.03. The number of alkyl halides is 1. The molecule has 0 aliphatic heterocycles. The van der Waals surface area contributed by atoms with Crippen LogP contribution >= 0.6 is 23.4 Å². The Labute approximate surface area is 130 Å². The third kappa shape index (κ3) is 3.70. The Hall–Kier alpha value is -0.670. The van der Waals surface area contributed by atoms with Crippen molar-refractivity contribution < 1.29 is 0 Å². The minimum Gasteiger partial charge on any atom is -0.327 e. The number of fused-ring (bicyclic) bond motifs is 1. The average Bonchev–Trinajstić information content (AvgIpc) is 2.82. The molecule has 0 aliphatic carbocycles.